The summed E-state index contributed by atoms with van der Waals surface area (Å²) >= 11 is 1.05. The molecule has 1 saturated heterocycles. The largest absolute Gasteiger partial charge is 0.481 e. The average Bonchev–Trinajstić information content (AvgIpc) is 3.87. The Labute approximate surface area is 426 Å². The van der Waals surface area contributed by atoms with Crippen LogP contribution in [0.2, 0.25) is 0 Å². The van der Waals surface area contributed by atoms with Crippen molar-refractivity contribution in [3.05, 3.63) is 85.6 Å². The molecule has 9 unspecified atom stereocenters. The third-order valence-corrected chi connectivity index (χ3v) is 14.1. The molecule has 2 aromatic rings. The Bertz CT molecular complexity index is 2430. The highest BCUT2D eigenvalue weighted by Gasteiger charge is 2.50. The molecule has 9 atom stereocenters. The molecule has 12 N–H and O–H groups in total. The summed E-state index contributed by atoms with van der Waals surface area (Å²) in [6, 6.07) is 0. The number of hydrogen-bond donors (Lipinski definition) is 11. The summed E-state index contributed by atoms with van der Waals surface area (Å²) in [6.45, 7) is 2.40. The Hall–Kier alpha value is -4.08. The van der Waals surface area contributed by atoms with E-state index in [4.69, 9.17) is 19.5 Å². The number of aliphatic hydroxyl groups is 4. The highest BCUT2D eigenvalue weighted by Crippen LogP contribution is 2.61. The predicted molar refractivity (Wildman–Crippen MR) is 267 cm³/mol. The lowest BCUT2D eigenvalue weighted by Crippen LogP contribution is -2.46. The van der Waals surface area contributed by atoms with E-state index in [1.807, 2.05) is 43.4 Å². The van der Waals surface area contributed by atoms with Gasteiger partial charge in [-0.05, 0) is 32.1 Å². The van der Waals surface area contributed by atoms with E-state index >= 15 is 0 Å². The number of phosphoric ester groups is 3. The molecule has 408 valence electrons. The number of nitrogens with zero attached hydrogens (tertiary/aromatic N) is 4. The first-order chi connectivity index (χ1) is 34.3. The lowest BCUT2D eigenvalue weighted by Gasteiger charge is -2.30. The quantitative estimate of drug-likeness (QED) is 0.0212. The highest BCUT2D eigenvalue weighted by atomic mass is 32.2. The minimum Gasteiger partial charge on any atom is -0.389 e. The van der Waals surface area contributed by atoms with Gasteiger partial charge in [-0.15, -0.1) is 0 Å². The number of phosphoric acid groups is 3. The normalized spacial score (nSPS) is 21.0. The maximum atomic E-state index is 12.8. The number of thioether (sulfide) groups is 1. The van der Waals surface area contributed by atoms with Crippen LogP contribution in [0.4, 0.5) is 5.82 Å². The lowest BCUT2D eigenvalue weighted by atomic mass is 9.87. The van der Waals surface area contributed by atoms with Crippen molar-refractivity contribution in [1.29, 1.82) is 0 Å². The molecule has 26 nitrogen and oxygen atoms in total. The molecule has 0 bridgehead atoms. The smallest absolute Gasteiger partial charge is 0.389 e. The number of fused-ring (bicyclic) bond motifs is 1. The van der Waals surface area contributed by atoms with Gasteiger partial charge in [0.25, 0.3) is 0 Å². The summed E-state index contributed by atoms with van der Waals surface area (Å²) in [4.78, 5) is 88.4. The Kier molecular flexibility index (Phi) is 26.9. The van der Waals surface area contributed by atoms with E-state index in [0.29, 0.717) is 31.4 Å². The first-order valence-corrected chi connectivity index (χ1v) is 28.2. The van der Waals surface area contributed by atoms with Crippen LogP contribution in [0.3, 0.4) is 0 Å². The molecule has 73 heavy (non-hydrogen) atoms. The van der Waals surface area contributed by atoms with Crippen LogP contribution in [0.25, 0.3) is 11.2 Å². The monoisotopic (exact) mass is 1110 g/mol. The van der Waals surface area contributed by atoms with Crippen molar-refractivity contribution < 1.29 is 90.7 Å². The van der Waals surface area contributed by atoms with Gasteiger partial charge in [0, 0.05) is 37.1 Å². The molecule has 3 heterocycles. The number of aromatic nitrogens is 4. The van der Waals surface area contributed by atoms with Crippen molar-refractivity contribution >= 4 is 69.1 Å². The number of imidazole rings is 1. The number of amides is 2. The van der Waals surface area contributed by atoms with Gasteiger partial charge in [-0.25, -0.2) is 28.6 Å². The van der Waals surface area contributed by atoms with Gasteiger partial charge in [0.1, 0.15) is 36.3 Å². The van der Waals surface area contributed by atoms with E-state index in [2.05, 4.69) is 34.4 Å². The summed E-state index contributed by atoms with van der Waals surface area (Å²) in [7, 11) is -16.5. The number of nitrogens with two attached hydrogens (primary N) is 1. The molecule has 3 rings (SSSR count). The Balaban J connectivity index is 1.30. The minimum atomic E-state index is -5.60. The van der Waals surface area contributed by atoms with Crippen molar-refractivity contribution in [2.24, 2.45) is 5.41 Å². The molecule has 0 saturated carbocycles. The number of unbranched alkanes of at least 4 members (excludes halogenated alkanes) is 1. The van der Waals surface area contributed by atoms with Crippen molar-refractivity contribution in [2.75, 3.05) is 37.8 Å². The summed E-state index contributed by atoms with van der Waals surface area (Å²) in [5.41, 5.74) is 4.23. The summed E-state index contributed by atoms with van der Waals surface area (Å²) in [6.07, 6.45) is 17.1. The van der Waals surface area contributed by atoms with Crippen molar-refractivity contribution in [1.82, 2.24) is 30.2 Å². The van der Waals surface area contributed by atoms with Crippen molar-refractivity contribution in [3.8, 4) is 0 Å². The number of carbonyl (C=O) groups is 3. The van der Waals surface area contributed by atoms with E-state index < -0.39 is 96.8 Å². The molecule has 2 aromatic heterocycles. The molecule has 1 aliphatic rings. The van der Waals surface area contributed by atoms with Crippen LogP contribution in [0, 0.1) is 5.41 Å². The fourth-order valence-electron chi connectivity index (χ4n) is 6.28. The number of rotatable bonds is 33. The zero-order valence-electron chi connectivity index (χ0n) is 40.3. The number of carbonyl (C=O) groups excluding carboxylic acids is 3. The molecular weight excluding hydrogens is 1040 g/mol. The number of ether oxygens (including phenoxy) is 1. The first-order valence-electron chi connectivity index (χ1n) is 22.7. The number of hydrogen-bond acceptors (Lipinski definition) is 20. The maximum Gasteiger partial charge on any atom is 0.481 e. The standard InChI is InChI=1S/C43H66N7O19P3S/c1-4-5-12-17-30(51)18-13-9-7-6-8-10-14-19-31(52)20-15-11-16-21-34(54)73-25-24-45-33(53)22-23-46-41(57)38(56)43(2,3)27-66-72(63,64)69-71(61,62)65-26-32-37(68-70(58,59)60)36(55)42(67-32)50-29-49-35-39(44)47-28-48-40(35)50/h5,7-10,12-15,18-20,28-32,36-38,42,51-52,55-56H,4,6,11,16-17,21-27H2,1-3H3,(H,45,53)(H,46,57)(H,61,62)(H,63,64)(H2,44,47,48)(H2,58,59,60)/b9-7+,10-8+,12-5+,18-13+,19-14+,20-15+. The van der Waals surface area contributed by atoms with Gasteiger partial charge in [-0.3, -0.25) is 32.5 Å². The van der Waals surface area contributed by atoms with Crippen LogP contribution in [-0.2, 0) is 50.7 Å². The molecule has 1 fully saturated rings. The van der Waals surface area contributed by atoms with Gasteiger partial charge in [-0.2, -0.15) is 4.31 Å². The van der Waals surface area contributed by atoms with Crippen LogP contribution >= 0.6 is 35.2 Å². The van der Waals surface area contributed by atoms with Crippen LogP contribution < -0.4 is 16.4 Å². The predicted octanol–water partition coefficient (Wildman–Crippen LogP) is 3.08. The van der Waals surface area contributed by atoms with Gasteiger partial charge in [-0.1, -0.05) is 105 Å². The fraction of sp³-hybridized carbons (Fsp3) is 0.535. The molecule has 0 spiro atoms. The highest BCUT2D eigenvalue weighted by molar-refractivity contribution is 8.13. The number of aliphatic hydroxyl groups excluding tert-OH is 4. The number of anilines is 1. The third-order valence-electron chi connectivity index (χ3n) is 10.0. The van der Waals surface area contributed by atoms with Crippen molar-refractivity contribution in [2.45, 2.75) is 109 Å². The van der Waals surface area contributed by atoms with Gasteiger partial charge in [0.05, 0.1) is 31.7 Å². The lowest BCUT2D eigenvalue weighted by molar-refractivity contribution is -0.137. The van der Waals surface area contributed by atoms with E-state index in [1.165, 1.54) is 13.8 Å². The van der Waals surface area contributed by atoms with E-state index in [0.717, 1.165) is 35.4 Å². The van der Waals surface area contributed by atoms with E-state index in [9.17, 15) is 68.1 Å². The second kappa shape index (κ2) is 31.1. The number of nitrogen functional groups attached to an aromatic ring is 1. The van der Waals surface area contributed by atoms with Crippen LogP contribution in [0.1, 0.15) is 71.9 Å². The van der Waals surface area contributed by atoms with E-state index in [-0.39, 0.29) is 48.0 Å². The third kappa shape index (κ3) is 24.0. The summed E-state index contributed by atoms with van der Waals surface area (Å²) in [5.74, 6) is -1.21. The molecular formula is C43H66N7O19P3S. The topological polar surface area (TPSA) is 404 Å². The molecule has 0 aliphatic carbocycles. The Morgan fingerprint density at radius 3 is 2.30 bits per heavy atom. The molecule has 30 heteroatoms. The molecule has 2 amide bonds. The van der Waals surface area contributed by atoms with Gasteiger partial charge >= 0.3 is 23.5 Å². The van der Waals surface area contributed by atoms with Gasteiger partial charge in [0.2, 0.25) is 11.8 Å². The zero-order valence-corrected chi connectivity index (χ0v) is 43.8. The van der Waals surface area contributed by atoms with Crippen LogP contribution in [0.15, 0.2) is 85.6 Å². The average molecular weight is 1110 g/mol. The van der Waals surface area contributed by atoms with Crippen LogP contribution in [0.5, 0.6) is 0 Å². The minimum absolute atomic E-state index is 0.0225. The van der Waals surface area contributed by atoms with E-state index in [1.54, 1.807) is 36.5 Å². The SMILES string of the molecule is CC/C=C/CC(O)/C=C/C=C/C/C=C/C=C/C(O)/C=C/CCCC(=O)SCCNC(=O)CCNC(=O)C(O)C(C)(C)COP(=O)(O)OP(=O)(O)OCC1OC(n2cnc3c(N)ncnc32)C(O)C1OP(=O)(O)O. The maximum absolute atomic E-state index is 12.8. The Morgan fingerprint density at radius 1 is 0.904 bits per heavy atom. The molecule has 1 aliphatic heterocycles. The molecule has 0 radical (unpaired) electrons. The fourth-order valence-corrected chi connectivity index (χ4v) is 9.82. The first kappa shape index (κ1) is 63.2. The van der Waals surface area contributed by atoms with Gasteiger partial charge < -0.3 is 61.1 Å². The second-order valence-electron chi connectivity index (χ2n) is 16.6. The zero-order chi connectivity index (χ0) is 54.2. The van der Waals surface area contributed by atoms with Gasteiger partial charge in [0.15, 0.2) is 22.8 Å². The van der Waals surface area contributed by atoms with Crippen molar-refractivity contribution in [3.63, 3.8) is 0 Å². The Morgan fingerprint density at radius 2 is 1.60 bits per heavy atom. The summed E-state index contributed by atoms with van der Waals surface area (Å²) < 4.78 is 62.4. The van der Waals surface area contributed by atoms with Crippen LogP contribution in [-0.4, -0.2) is 145 Å². The number of nitrogens with one attached hydrogen (secondary N) is 2. The number of allylic oxidation sites excluding steroid dienone is 8. The second-order valence-corrected chi connectivity index (χ2v) is 22.0. The molecule has 0 aromatic carbocycles. The summed E-state index contributed by atoms with van der Waals surface area (Å²) in [5, 5.41) is 46.4.